The van der Waals surface area contributed by atoms with Crippen molar-refractivity contribution in [3.63, 3.8) is 0 Å². The molecule has 1 unspecified atom stereocenters. The molecule has 1 aromatic rings. The SMILES string of the molecule is CCc1nc(CN2CCN(CCC(C)C)C(CCO)C2)c(C)[nH]1. The molecule has 1 fully saturated rings. The highest BCUT2D eigenvalue weighted by molar-refractivity contribution is 5.13. The Labute approximate surface area is 141 Å². The molecule has 0 radical (unpaired) electrons. The van der Waals surface area contributed by atoms with Gasteiger partial charge in [-0.05, 0) is 32.2 Å². The maximum Gasteiger partial charge on any atom is 0.106 e. The zero-order valence-electron chi connectivity index (χ0n) is 15.3. The Hall–Kier alpha value is -0.910. The second-order valence-electron chi connectivity index (χ2n) is 7.23. The number of rotatable bonds is 8. The van der Waals surface area contributed by atoms with Crippen LogP contribution in [0, 0.1) is 12.8 Å². The average molecular weight is 322 g/mol. The Kier molecular flexibility index (Phi) is 7.06. The molecule has 0 saturated carbocycles. The van der Waals surface area contributed by atoms with Crippen molar-refractivity contribution in [2.75, 3.05) is 32.8 Å². The second-order valence-corrected chi connectivity index (χ2v) is 7.23. The Morgan fingerprint density at radius 3 is 2.74 bits per heavy atom. The number of piperazine rings is 1. The molecule has 2 rings (SSSR count). The number of aromatic nitrogens is 2. The highest BCUT2D eigenvalue weighted by atomic mass is 16.3. The van der Waals surface area contributed by atoms with Gasteiger partial charge in [0.05, 0.1) is 5.69 Å². The van der Waals surface area contributed by atoms with E-state index in [1.165, 1.54) is 17.8 Å². The van der Waals surface area contributed by atoms with Crippen LogP contribution >= 0.6 is 0 Å². The van der Waals surface area contributed by atoms with E-state index in [9.17, 15) is 5.11 Å². The number of aromatic amines is 1. The van der Waals surface area contributed by atoms with Gasteiger partial charge in [-0.15, -0.1) is 0 Å². The third kappa shape index (κ3) is 5.30. The molecule has 0 spiro atoms. The summed E-state index contributed by atoms with van der Waals surface area (Å²) in [7, 11) is 0. The third-order valence-corrected chi connectivity index (χ3v) is 4.89. The van der Waals surface area contributed by atoms with Gasteiger partial charge in [-0.2, -0.15) is 0 Å². The first-order chi connectivity index (χ1) is 11.0. The largest absolute Gasteiger partial charge is 0.396 e. The Morgan fingerprint density at radius 2 is 2.13 bits per heavy atom. The summed E-state index contributed by atoms with van der Waals surface area (Å²) in [5.41, 5.74) is 2.38. The van der Waals surface area contributed by atoms with E-state index in [1.807, 2.05) is 0 Å². The summed E-state index contributed by atoms with van der Waals surface area (Å²) in [5, 5.41) is 9.41. The average Bonchev–Trinajstić information content (AvgIpc) is 2.87. The van der Waals surface area contributed by atoms with E-state index in [-0.39, 0.29) is 6.61 Å². The monoisotopic (exact) mass is 322 g/mol. The maximum atomic E-state index is 9.41. The molecule has 0 aromatic carbocycles. The molecule has 0 amide bonds. The number of hydrogen-bond acceptors (Lipinski definition) is 4. The van der Waals surface area contributed by atoms with Crippen LogP contribution in [0.5, 0.6) is 0 Å². The first-order valence-corrected chi connectivity index (χ1v) is 9.15. The molecule has 5 nitrogen and oxygen atoms in total. The minimum atomic E-state index is 0.276. The van der Waals surface area contributed by atoms with Crippen molar-refractivity contribution >= 4 is 0 Å². The van der Waals surface area contributed by atoms with Crippen LogP contribution in [0.1, 0.15) is 50.8 Å². The predicted molar refractivity (Wildman–Crippen MR) is 94.5 cm³/mol. The molecule has 5 heteroatoms. The van der Waals surface area contributed by atoms with E-state index in [4.69, 9.17) is 4.98 Å². The lowest BCUT2D eigenvalue weighted by atomic mass is 10.1. The molecule has 1 aliphatic rings. The first kappa shape index (κ1) is 18.4. The number of nitrogens with zero attached hydrogens (tertiary/aromatic N) is 3. The molecule has 2 heterocycles. The highest BCUT2D eigenvalue weighted by Crippen LogP contribution is 2.18. The van der Waals surface area contributed by atoms with Gasteiger partial charge < -0.3 is 10.1 Å². The normalized spacial score (nSPS) is 20.5. The van der Waals surface area contributed by atoms with Gasteiger partial charge in [-0.25, -0.2) is 4.98 Å². The number of aryl methyl sites for hydroxylation is 2. The zero-order valence-corrected chi connectivity index (χ0v) is 15.3. The third-order valence-electron chi connectivity index (χ3n) is 4.89. The maximum absolute atomic E-state index is 9.41. The van der Waals surface area contributed by atoms with Gasteiger partial charge in [-0.1, -0.05) is 20.8 Å². The topological polar surface area (TPSA) is 55.4 Å². The molecule has 1 atom stereocenters. The van der Waals surface area contributed by atoms with Crippen molar-refractivity contribution in [3.05, 3.63) is 17.2 Å². The molecular weight excluding hydrogens is 288 g/mol. The minimum absolute atomic E-state index is 0.276. The molecular formula is C18H34N4O. The summed E-state index contributed by atoms with van der Waals surface area (Å²) in [6, 6.07) is 0.470. The van der Waals surface area contributed by atoms with Gasteiger partial charge in [0.15, 0.2) is 0 Å². The number of aliphatic hydroxyl groups excluding tert-OH is 1. The van der Waals surface area contributed by atoms with Crippen LogP contribution in [0.15, 0.2) is 0 Å². The quantitative estimate of drug-likeness (QED) is 0.770. The van der Waals surface area contributed by atoms with Gasteiger partial charge in [-0.3, -0.25) is 9.80 Å². The first-order valence-electron chi connectivity index (χ1n) is 9.15. The lowest BCUT2D eigenvalue weighted by molar-refractivity contribution is 0.0518. The standard InChI is InChI=1S/C18H34N4O/c1-5-18-19-15(4)17(20-18)13-21-9-10-22(8-6-14(2)3)16(12-21)7-11-23/h14,16,23H,5-13H2,1-4H3,(H,19,20). The number of nitrogens with one attached hydrogen (secondary N) is 1. The van der Waals surface area contributed by atoms with Gasteiger partial charge in [0, 0.05) is 50.9 Å². The van der Waals surface area contributed by atoms with E-state index < -0.39 is 0 Å². The van der Waals surface area contributed by atoms with E-state index in [2.05, 4.69) is 42.5 Å². The van der Waals surface area contributed by atoms with Gasteiger partial charge in [0.1, 0.15) is 5.82 Å². The highest BCUT2D eigenvalue weighted by Gasteiger charge is 2.27. The van der Waals surface area contributed by atoms with Crippen LogP contribution in [0.3, 0.4) is 0 Å². The van der Waals surface area contributed by atoms with Crippen molar-refractivity contribution in [2.45, 2.75) is 59.5 Å². The molecule has 2 N–H and O–H groups in total. The molecule has 1 saturated heterocycles. The Morgan fingerprint density at radius 1 is 1.35 bits per heavy atom. The second kappa shape index (κ2) is 8.81. The van der Waals surface area contributed by atoms with Crippen LogP contribution in [0.4, 0.5) is 0 Å². The van der Waals surface area contributed by atoms with E-state index in [0.29, 0.717) is 6.04 Å². The van der Waals surface area contributed by atoms with Crippen molar-refractivity contribution in [3.8, 4) is 0 Å². The lowest BCUT2D eigenvalue weighted by Gasteiger charge is -2.41. The fourth-order valence-electron chi connectivity index (χ4n) is 3.34. The Bertz CT molecular complexity index is 472. The molecule has 1 aliphatic heterocycles. The molecule has 0 aliphatic carbocycles. The Balaban J connectivity index is 1.93. The summed E-state index contributed by atoms with van der Waals surface area (Å²) in [6.45, 7) is 14.4. The van der Waals surface area contributed by atoms with Crippen LogP contribution in [0.2, 0.25) is 0 Å². The van der Waals surface area contributed by atoms with Gasteiger partial charge >= 0.3 is 0 Å². The summed E-state index contributed by atoms with van der Waals surface area (Å²) >= 11 is 0. The van der Waals surface area contributed by atoms with Crippen molar-refractivity contribution < 1.29 is 5.11 Å². The van der Waals surface area contributed by atoms with Crippen molar-refractivity contribution in [1.82, 2.24) is 19.8 Å². The van der Waals surface area contributed by atoms with Crippen molar-refractivity contribution in [2.24, 2.45) is 5.92 Å². The van der Waals surface area contributed by atoms with Gasteiger partial charge in [0.2, 0.25) is 0 Å². The number of imidazole rings is 1. The molecule has 0 bridgehead atoms. The predicted octanol–water partition coefficient (Wildman–Crippen LogP) is 2.20. The molecule has 132 valence electrons. The summed E-state index contributed by atoms with van der Waals surface area (Å²) in [4.78, 5) is 13.2. The van der Waals surface area contributed by atoms with Gasteiger partial charge in [0.25, 0.3) is 0 Å². The van der Waals surface area contributed by atoms with Crippen LogP contribution < -0.4 is 0 Å². The van der Waals surface area contributed by atoms with Crippen molar-refractivity contribution in [1.29, 1.82) is 0 Å². The number of hydrogen-bond donors (Lipinski definition) is 2. The molecule has 23 heavy (non-hydrogen) atoms. The smallest absolute Gasteiger partial charge is 0.106 e. The molecule has 1 aromatic heterocycles. The lowest BCUT2D eigenvalue weighted by Crippen LogP contribution is -2.53. The fraction of sp³-hybridized carbons (Fsp3) is 0.833. The summed E-state index contributed by atoms with van der Waals surface area (Å²) < 4.78 is 0. The van der Waals surface area contributed by atoms with Crippen LogP contribution in [0.25, 0.3) is 0 Å². The number of aliphatic hydroxyl groups is 1. The van der Waals surface area contributed by atoms with Crippen LogP contribution in [-0.4, -0.2) is 63.7 Å². The minimum Gasteiger partial charge on any atom is -0.396 e. The van der Waals surface area contributed by atoms with E-state index in [0.717, 1.165) is 57.3 Å². The fourth-order valence-corrected chi connectivity index (χ4v) is 3.34. The summed E-state index contributed by atoms with van der Waals surface area (Å²) in [5.74, 6) is 1.82. The zero-order chi connectivity index (χ0) is 16.8. The van der Waals surface area contributed by atoms with Crippen LogP contribution in [-0.2, 0) is 13.0 Å². The number of H-pyrrole nitrogens is 1. The van der Waals surface area contributed by atoms with E-state index in [1.54, 1.807) is 0 Å². The summed E-state index contributed by atoms with van der Waals surface area (Å²) in [6.07, 6.45) is 3.06. The van der Waals surface area contributed by atoms with E-state index >= 15 is 0 Å².